The third-order valence-corrected chi connectivity index (χ3v) is 8.38. The second-order valence-corrected chi connectivity index (χ2v) is 10.6. The van der Waals surface area contributed by atoms with Crippen molar-refractivity contribution in [2.24, 2.45) is 23.7 Å². The van der Waals surface area contributed by atoms with Crippen LogP contribution in [0.5, 0.6) is 0 Å². The maximum absolute atomic E-state index is 12.7. The maximum Gasteiger partial charge on any atom is 0.409 e. The molecule has 2 fully saturated rings. The first-order chi connectivity index (χ1) is 16.0. The molecule has 0 radical (unpaired) electrons. The molecule has 1 saturated heterocycles. The number of carbonyl (C=O) groups is 1. The van der Waals surface area contributed by atoms with Crippen LogP contribution in [-0.2, 0) is 11.2 Å². The van der Waals surface area contributed by atoms with Crippen molar-refractivity contribution in [2.75, 3.05) is 19.7 Å². The number of carbonyl (C=O) groups excluding carboxylic acids is 1. The fraction of sp³-hybridized carbons (Fsp3) is 0.714. The molecule has 0 spiro atoms. The minimum atomic E-state index is -0.125. The van der Waals surface area contributed by atoms with E-state index in [4.69, 9.17) is 21.6 Å². The smallest absolute Gasteiger partial charge is 0.409 e. The summed E-state index contributed by atoms with van der Waals surface area (Å²) in [5.41, 5.74) is 1.74. The number of ether oxygens (including phenoxy) is 1. The molecule has 1 saturated carbocycles. The van der Waals surface area contributed by atoms with Gasteiger partial charge in [-0.05, 0) is 67.1 Å². The minimum Gasteiger partial charge on any atom is -0.449 e. The number of likely N-dealkylation sites (tertiary alicyclic amines) is 1. The van der Waals surface area contributed by atoms with E-state index in [1.165, 1.54) is 44.1 Å². The number of aryl methyl sites for hydroxylation is 1. The zero-order valence-electron chi connectivity index (χ0n) is 20.5. The quantitative estimate of drug-likeness (QED) is 0.351. The van der Waals surface area contributed by atoms with Crippen LogP contribution in [0.2, 0.25) is 5.02 Å². The Bertz CT molecular complexity index is 796. The molecule has 0 N–H and O–H groups in total. The summed E-state index contributed by atoms with van der Waals surface area (Å²) in [6.45, 7) is 6.50. The highest BCUT2D eigenvalue weighted by Crippen LogP contribution is 2.37. The summed E-state index contributed by atoms with van der Waals surface area (Å²) in [4.78, 5) is 14.6. The highest BCUT2D eigenvalue weighted by molar-refractivity contribution is 6.31. The van der Waals surface area contributed by atoms with Crippen molar-refractivity contribution >= 4 is 17.7 Å². The monoisotopic (exact) mass is 472 g/mol. The lowest BCUT2D eigenvalue weighted by Gasteiger charge is -2.30. The Labute approximate surface area is 205 Å². The molecule has 1 aromatic carbocycles. The van der Waals surface area contributed by atoms with Gasteiger partial charge in [-0.25, -0.2) is 4.79 Å². The molecule has 1 aliphatic carbocycles. The molecule has 2 aliphatic rings. The molecular weight excluding hydrogens is 432 g/mol. The van der Waals surface area contributed by atoms with Crippen molar-refractivity contribution in [2.45, 2.75) is 84.5 Å². The number of amides is 1. The van der Waals surface area contributed by atoms with Crippen LogP contribution in [0.25, 0.3) is 0 Å². The van der Waals surface area contributed by atoms with E-state index in [1.54, 1.807) is 0 Å². The molecular formula is C28H41ClN2O2. The van der Waals surface area contributed by atoms with Crippen LogP contribution in [0.4, 0.5) is 4.79 Å². The zero-order chi connectivity index (χ0) is 23.6. The first-order valence-electron chi connectivity index (χ1n) is 13.1. The van der Waals surface area contributed by atoms with Crippen LogP contribution >= 0.6 is 11.6 Å². The first-order valence-corrected chi connectivity index (χ1v) is 13.5. The van der Waals surface area contributed by atoms with Crippen molar-refractivity contribution in [3.8, 4) is 6.07 Å². The summed E-state index contributed by atoms with van der Waals surface area (Å²) in [5.74, 6) is 2.44. The molecule has 182 valence electrons. The van der Waals surface area contributed by atoms with Crippen LogP contribution in [0.1, 0.15) is 89.2 Å². The van der Waals surface area contributed by atoms with E-state index in [1.807, 2.05) is 23.1 Å². The molecule has 1 aromatic rings. The lowest BCUT2D eigenvalue weighted by atomic mass is 9.76. The maximum atomic E-state index is 12.7. The first kappa shape index (κ1) is 25.9. The third kappa shape index (κ3) is 7.64. The standard InChI is InChI=1S/C28H41ClN2O2/c1-3-21(4-2)20-33-28(32)31-15-14-26(19-31)24(16-22-8-6-5-7-9-22)12-10-23-11-13-25(18-30)27(29)17-23/h11,13,17,21-22,24,26H,3-10,12,14-16,19-20H2,1-2H3. The van der Waals surface area contributed by atoms with Crippen LogP contribution in [0, 0.1) is 35.0 Å². The van der Waals surface area contributed by atoms with Gasteiger partial charge in [0.15, 0.2) is 0 Å². The predicted octanol–water partition coefficient (Wildman–Crippen LogP) is 7.63. The van der Waals surface area contributed by atoms with Gasteiger partial charge in [0.05, 0.1) is 17.2 Å². The number of halogens is 1. The van der Waals surface area contributed by atoms with E-state index < -0.39 is 0 Å². The molecule has 2 unspecified atom stereocenters. The Morgan fingerprint density at radius 2 is 1.97 bits per heavy atom. The Morgan fingerprint density at radius 3 is 2.64 bits per heavy atom. The Balaban J connectivity index is 1.59. The predicted molar refractivity (Wildman–Crippen MR) is 134 cm³/mol. The average molecular weight is 473 g/mol. The highest BCUT2D eigenvalue weighted by atomic mass is 35.5. The Morgan fingerprint density at radius 1 is 1.21 bits per heavy atom. The fourth-order valence-corrected chi connectivity index (χ4v) is 5.94. The van der Waals surface area contributed by atoms with Gasteiger partial charge >= 0.3 is 6.09 Å². The Kier molecular flexibility index (Phi) is 10.4. The summed E-state index contributed by atoms with van der Waals surface area (Å²) < 4.78 is 5.66. The van der Waals surface area contributed by atoms with Gasteiger partial charge < -0.3 is 9.64 Å². The van der Waals surface area contributed by atoms with Gasteiger partial charge in [0.25, 0.3) is 0 Å². The molecule has 0 aromatic heterocycles. The lowest BCUT2D eigenvalue weighted by molar-refractivity contribution is 0.0902. The zero-order valence-corrected chi connectivity index (χ0v) is 21.3. The topological polar surface area (TPSA) is 53.3 Å². The summed E-state index contributed by atoms with van der Waals surface area (Å²) in [6.07, 6.45) is 13.2. The van der Waals surface area contributed by atoms with E-state index in [9.17, 15) is 4.79 Å². The summed E-state index contributed by atoms with van der Waals surface area (Å²) in [6, 6.07) is 7.97. The molecule has 5 heteroatoms. The van der Waals surface area contributed by atoms with Crippen molar-refractivity contribution in [1.82, 2.24) is 4.90 Å². The van der Waals surface area contributed by atoms with Crippen molar-refractivity contribution in [3.05, 3.63) is 34.3 Å². The van der Waals surface area contributed by atoms with Gasteiger partial charge in [-0.3, -0.25) is 0 Å². The summed E-state index contributed by atoms with van der Waals surface area (Å²) in [5, 5.41) is 9.69. The second-order valence-electron chi connectivity index (χ2n) is 10.2. The normalized spacial score (nSPS) is 20.1. The number of hydrogen-bond donors (Lipinski definition) is 0. The van der Waals surface area contributed by atoms with Gasteiger partial charge in [0.2, 0.25) is 0 Å². The van der Waals surface area contributed by atoms with Crippen LogP contribution in [0.3, 0.4) is 0 Å². The number of rotatable bonds is 10. The highest BCUT2D eigenvalue weighted by Gasteiger charge is 2.34. The molecule has 33 heavy (non-hydrogen) atoms. The SMILES string of the molecule is CCC(CC)COC(=O)N1CCC(C(CCc2ccc(C#N)c(Cl)c2)CC2CCCCC2)C1. The lowest BCUT2D eigenvalue weighted by Crippen LogP contribution is -2.32. The minimum absolute atomic E-state index is 0.125. The second kappa shape index (κ2) is 13.2. The van der Waals surface area contributed by atoms with E-state index in [0.29, 0.717) is 34.9 Å². The molecule has 4 nitrogen and oxygen atoms in total. The number of nitriles is 1. The molecule has 1 heterocycles. The van der Waals surface area contributed by atoms with Crippen molar-refractivity contribution in [1.29, 1.82) is 5.26 Å². The summed E-state index contributed by atoms with van der Waals surface area (Å²) in [7, 11) is 0. The Hall–Kier alpha value is -1.73. The van der Waals surface area contributed by atoms with E-state index in [-0.39, 0.29) is 6.09 Å². The molecule has 3 rings (SSSR count). The molecule has 0 bridgehead atoms. The molecule has 2 atom stereocenters. The van der Waals surface area contributed by atoms with Gasteiger partial charge in [-0.15, -0.1) is 0 Å². The third-order valence-electron chi connectivity index (χ3n) is 8.07. The number of hydrogen-bond acceptors (Lipinski definition) is 3. The largest absolute Gasteiger partial charge is 0.449 e. The number of benzene rings is 1. The van der Waals surface area contributed by atoms with Crippen LogP contribution in [-0.4, -0.2) is 30.7 Å². The van der Waals surface area contributed by atoms with Gasteiger partial charge in [-0.1, -0.05) is 76.5 Å². The molecule has 1 amide bonds. The average Bonchev–Trinajstić information content (AvgIpc) is 3.33. The summed E-state index contributed by atoms with van der Waals surface area (Å²) >= 11 is 6.27. The van der Waals surface area contributed by atoms with Gasteiger partial charge in [0.1, 0.15) is 6.07 Å². The van der Waals surface area contributed by atoms with E-state index >= 15 is 0 Å². The fourth-order valence-electron chi connectivity index (χ4n) is 5.70. The van der Waals surface area contributed by atoms with Crippen molar-refractivity contribution < 1.29 is 9.53 Å². The number of nitrogens with zero attached hydrogens (tertiary/aromatic N) is 2. The van der Waals surface area contributed by atoms with Gasteiger partial charge in [-0.2, -0.15) is 5.26 Å². The van der Waals surface area contributed by atoms with E-state index in [0.717, 1.165) is 51.1 Å². The molecule has 1 aliphatic heterocycles. The van der Waals surface area contributed by atoms with E-state index in [2.05, 4.69) is 19.9 Å². The van der Waals surface area contributed by atoms with Crippen molar-refractivity contribution in [3.63, 3.8) is 0 Å². The van der Waals surface area contributed by atoms with Gasteiger partial charge in [0, 0.05) is 13.1 Å². The van der Waals surface area contributed by atoms with Crippen LogP contribution < -0.4 is 0 Å². The van der Waals surface area contributed by atoms with Crippen LogP contribution in [0.15, 0.2) is 18.2 Å².